The van der Waals surface area contributed by atoms with Crippen molar-refractivity contribution in [1.29, 1.82) is 0 Å². The Morgan fingerprint density at radius 3 is 2.76 bits per heavy atom. The minimum atomic E-state index is -0.372. The molecule has 2 aliphatic rings. The van der Waals surface area contributed by atoms with Crippen molar-refractivity contribution in [2.75, 3.05) is 23.3 Å². The molecule has 6 rings (SSSR count). The molecule has 2 aliphatic heterocycles. The second-order valence-electron chi connectivity index (χ2n) is 9.15. The molecule has 1 saturated heterocycles. The van der Waals surface area contributed by atoms with Crippen LogP contribution in [0.25, 0.3) is 21.5 Å². The fourth-order valence-electron chi connectivity index (χ4n) is 5.00. The second-order valence-corrected chi connectivity index (χ2v) is 10.1. The van der Waals surface area contributed by atoms with E-state index >= 15 is 0 Å². The van der Waals surface area contributed by atoms with E-state index in [-0.39, 0.29) is 23.9 Å². The Labute approximate surface area is 222 Å². The van der Waals surface area contributed by atoms with Crippen LogP contribution in [0, 0.1) is 0 Å². The summed E-state index contributed by atoms with van der Waals surface area (Å²) in [7, 11) is 0. The first-order valence-corrected chi connectivity index (χ1v) is 13.1. The van der Waals surface area contributed by atoms with Crippen LogP contribution in [-0.4, -0.2) is 51.8 Å². The lowest BCUT2D eigenvalue weighted by Gasteiger charge is -2.32. The maximum Gasteiger partial charge on any atom is 0.331 e. The number of pyridine rings is 2. The monoisotopic (exact) mass is 524 g/mol. The van der Waals surface area contributed by atoms with Gasteiger partial charge in [0.1, 0.15) is 9.71 Å². The first-order valence-electron chi connectivity index (χ1n) is 12.3. The third-order valence-corrected chi connectivity index (χ3v) is 7.86. The quantitative estimate of drug-likeness (QED) is 0.359. The molecule has 1 aromatic carbocycles. The molecule has 0 bridgehead atoms. The number of thiophene rings is 1. The minimum absolute atomic E-state index is 0.145. The van der Waals surface area contributed by atoms with Gasteiger partial charge < -0.3 is 15.5 Å². The third-order valence-electron chi connectivity index (χ3n) is 6.77. The number of aromatic nitrogens is 2. The number of amides is 4. The van der Waals surface area contributed by atoms with Crippen molar-refractivity contribution in [3.63, 3.8) is 0 Å². The fraction of sp³-hybridized carbons (Fsp3) is 0.179. The van der Waals surface area contributed by atoms with E-state index in [1.165, 1.54) is 17.4 Å². The van der Waals surface area contributed by atoms with E-state index in [4.69, 9.17) is 0 Å². The zero-order valence-corrected chi connectivity index (χ0v) is 21.2. The summed E-state index contributed by atoms with van der Waals surface area (Å²) in [4.78, 5) is 52.1. The lowest BCUT2D eigenvalue weighted by Crippen LogP contribution is -2.49. The molecule has 2 N–H and O–H groups in total. The highest BCUT2D eigenvalue weighted by atomic mass is 32.1. The fourth-order valence-corrected chi connectivity index (χ4v) is 6.02. The Morgan fingerprint density at radius 2 is 1.95 bits per heavy atom. The van der Waals surface area contributed by atoms with Gasteiger partial charge in [-0.05, 0) is 37.1 Å². The first-order chi connectivity index (χ1) is 18.5. The van der Waals surface area contributed by atoms with Crippen molar-refractivity contribution in [2.45, 2.75) is 18.9 Å². The number of nitrogens with zero attached hydrogens (tertiary/aromatic N) is 4. The molecule has 38 heavy (non-hydrogen) atoms. The highest BCUT2D eigenvalue weighted by molar-refractivity contribution is 7.21. The Balaban J connectivity index is 1.33. The molecular weight excluding hydrogens is 500 g/mol. The molecule has 0 radical (unpaired) electrons. The number of hydrogen-bond donors (Lipinski definition) is 2. The topological polar surface area (TPSA) is 108 Å². The van der Waals surface area contributed by atoms with Gasteiger partial charge in [0.2, 0.25) is 5.91 Å². The van der Waals surface area contributed by atoms with E-state index < -0.39 is 0 Å². The van der Waals surface area contributed by atoms with Crippen LogP contribution < -0.4 is 15.5 Å². The van der Waals surface area contributed by atoms with Crippen molar-refractivity contribution in [2.24, 2.45) is 0 Å². The SMILES string of the molecule is C=CC(=O)N1CCC[C@@H](NC(=O)c2sc3nccc4c3c2NC(=O)N4c2ccnc(-c3ccccc3)c2)C1. The van der Waals surface area contributed by atoms with Crippen LogP contribution in [0.15, 0.2) is 73.6 Å². The summed E-state index contributed by atoms with van der Waals surface area (Å²) in [5.41, 5.74) is 3.45. The van der Waals surface area contributed by atoms with Crippen molar-refractivity contribution in [3.8, 4) is 11.3 Å². The zero-order chi connectivity index (χ0) is 26.2. The van der Waals surface area contributed by atoms with Crippen molar-refractivity contribution in [1.82, 2.24) is 20.2 Å². The van der Waals surface area contributed by atoms with Gasteiger partial charge in [0.25, 0.3) is 5.91 Å². The Kier molecular flexibility index (Phi) is 6.09. The van der Waals surface area contributed by atoms with Gasteiger partial charge >= 0.3 is 6.03 Å². The number of nitrogens with one attached hydrogen (secondary N) is 2. The number of urea groups is 1. The largest absolute Gasteiger partial charge is 0.347 e. The van der Waals surface area contributed by atoms with Crippen molar-refractivity contribution < 1.29 is 14.4 Å². The number of carbonyl (C=O) groups is 3. The van der Waals surface area contributed by atoms with Gasteiger partial charge in [0.15, 0.2) is 0 Å². The van der Waals surface area contributed by atoms with E-state index in [0.29, 0.717) is 45.2 Å². The lowest BCUT2D eigenvalue weighted by atomic mass is 10.1. The van der Waals surface area contributed by atoms with Crippen molar-refractivity contribution in [3.05, 3.63) is 78.5 Å². The highest BCUT2D eigenvalue weighted by Gasteiger charge is 2.34. The summed E-state index contributed by atoms with van der Waals surface area (Å²) >= 11 is 1.24. The van der Waals surface area contributed by atoms with E-state index in [0.717, 1.165) is 24.1 Å². The van der Waals surface area contributed by atoms with Gasteiger partial charge in [-0.1, -0.05) is 36.9 Å². The molecule has 5 heterocycles. The molecular formula is C28H24N6O3S. The molecule has 4 aromatic rings. The van der Waals surface area contributed by atoms with E-state index in [1.807, 2.05) is 36.4 Å². The molecule has 0 unspecified atom stereocenters. The molecule has 0 spiro atoms. The molecule has 10 heteroatoms. The Morgan fingerprint density at radius 1 is 1.13 bits per heavy atom. The molecule has 0 saturated carbocycles. The smallest absolute Gasteiger partial charge is 0.331 e. The van der Waals surface area contributed by atoms with E-state index in [2.05, 4.69) is 27.2 Å². The number of carbonyl (C=O) groups excluding carboxylic acids is 3. The van der Waals surface area contributed by atoms with Gasteiger partial charge in [-0.25, -0.2) is 9.78 Å². The van der Waals surface area contributed by atoms with Gasteiger partial charge in [-0.3, -0.25) is 19.5 Å². The van der Waals surface area contributed by atoms with E-state index in [1.54, 1.807) is 34.3 Å². The molecule has 0 aliphatic carbocycles. The summed E-state index contributed by atoms with van der Waals surface area (Å²) in [6.07, 6.45) is 6.17. The molecule has 3 aromatic heterocycles. The van der Waals surface area contributed by atoms with Crippen LogP contribution in [0.3, 0.4) is 0 Å². The van der Waals surface area contributed by atoms with Crippen LogP contribution >= 0.6 is 11.3 Å². The molecule has 190 valence electrons. The average Bonchev–Trinajstić information content (AvgIpc) is 3.33. The predicted molar refractivity (Wildman–Crippen MR) is 148 cm³/mol. The average molecular weight is 525 g/mol. The van der Waals surface area contributed by atoms with Crippen LogP contribution in [0.1, 0.15) is 22.5 Å². The number of rotatable bonds is 5. The van der Waals surface area contributed by atoms with Crippen LogP contribution in [-0.2, 0) is 4.79 Å². The summed E-state index contributed by atoms with van der Waals surface area (Å²) < 4.78 is 0. The van der Waals surface area contributed by atoms with E-state index in [9.17, 15) is 14.4 Å². The van der Waals surface area contributed by atoms with Crippen LogP contribution in [0.5, 0.6) is 0 Å². The summed E-state index contributed by atoms with van der Waals surface area (Å²) in [6, 6.07) is 14.6. The van der Waals surface area contributed by atoms with Crippen LogP contribution in [0.2, 0.25) is 0 Å². The zero-order valence-electron chi connectivity index (χ0n) is 20.4. The van der Waals surface area contributed by atoms with Gasteiger partial charge in [-0.2, -0.15) is 0 Å². The van der Waals surface area contributed by atoms with Crippen molar-refractivity contribution >= 4 is 56.5 Å². The van der Waals surface area contributed by atoms with Crippen LogP contribution in [0.4, 0.5) is 21.9 Å². The molecule has 1 fully saturated rings. The maximum atomic E-state index is 13.5. The maximum absolute atomic E-state index is 13.5. The molecule has 4 amide bonds. The van der Waals surface area contributed by atoms with Gasteiger partial charge in [0, 0.05) is 37.1 Å². The Hall–Kier alpha value is -4.57. The molecule has 1 atom stereocenters. The highest BCUT2D eigenvalue weighted by Crippen LogP contribution is 2.45. The number of piperidine rings is 1. The number of hydrogen-bond acceptors (Lipinski definition) is 6. The molecule has 9 nitrogen and oxygen atoms in total. The van der Waals surface area contributed by atoms with Gasteiger partial charge in [0.05, 0.1) is 28.1 Å². The summed E-state index contributed by atoms with van der Waals surface area (Å²) in [6.45, 7) is 4.62. The summed E-state index contributed by atoms with van der Waals surface area (Å²) in [5.74, 6) is -0.440. The first kappa shape index (κ1) is 23.8. The lowest BCUT2D eigenvalue weighted by molar-refractivity contribution is -0.127. The Bertz CT molecular complexity index is 1580. The number of anilines is 3. The standard InChI is InChI=1S/C28H24N6O3S/c1-2-22(35)33-14-6-9-18(16-33)31-26(36)25-24-23-21(11-13-30-27(23)38-25)34(28(37)32-24)19-10-12-29-20(15-19)17-7-4-3-5-8-17/h2-5,7-8,10-13,15,18H,1,6,9,14,16H2,(H,31,36)(H,32,37)/t18-/m1/s1. The number of likely N-dealkylation sites (tertiary alicyclic amines) is 1. The third kappa shape index (κ3) is 4.18. The van der Waals surface area contributed by atoms with Gasteiger partial charge in [-0.15, -0.1) is 11.3 Å². The second kappa shape index (κ2) is 9.71. The minimum Gasteiger partial charge on any atom is -0.347 e. The number of benzene rings is 1. The summed E-state index contributed by atoms with van der Waals surface area (Å²) in [5, 5.41) is 6.70. The predicted octanol–water partition coefficient (Wildman–Crippen LogP) is 4.95. The normalized spacial score (nSPS) is 16.7.